The van der Waals surface area contributed by atoms with Gasteiger partial charge in [0.2, 0.25) is 0 Å². The van der Waals surface area contributed by atoms with Crippen LogP contribution in [0.25, 0.3) is 0 Å². The fourth-order valence-corrected chi connectivity index (χ4v) is 3.08. The smallest absolute Gasteiger partial charge is 0.315 e. The molecule has 1 aliphatic heterocycles. The van der Waals surface area contributed by atoms with Crippen molar-refractivity contribution in [2.24, 2.45) is 0 Å². The Labute approximate surface area is 146 Å². The van der Waals surface area contributed by atoms with Gasteiger partial charge in [0.05, 0.1) is 0 Å². The molecule has 1 aliphatic rings. The van der Waals surface area contributed by atoms with E-state index in [4.69, 9.17) is 11.6 Å². The lowest BCUT2D eigenvalue weighted by Crippen LogP contribution is -2.43. The number of benzene rings is 1. The molecule has 1 fully saturated rings. The quantitative estimate of drug-likeness (QED) is 0.789. The number of anilines is 1. The summed E-state index contributed by atoms with van der Waals surface area (Å²) in [5, 5.41) is 10.8. The third-order valence-electron chi connectivity index (χ3n) is 4.11. The van der Waals surface area contributed by atoms with Crippen molar-refractivity contribution in [3.05, 3.63) is 47.7 Å². The summed E-state index contributed by atoms with van der Waals surface area (Å²) >= 11 is 6.04. The Bertz CT molecular complexity index is 661. The number of hydrogen-bond acceptors (Lipinski definition) is 3. The van der Waals surface area contributed by atoms with Gasteiger partial charge in [-0.05, 0) is 37.1 Å². The van der Waals surface area contributed by atoms with Gasteiger partial charge in [0.15, 0.2) is 0 Å². The number of carbonyl (C=O) groups excluding carboxylic acids is 1. The van der Waals surface area contributed by atoms with Crippen LogP contribution in [0.5, 0.6) is 0 Å². The van der Waals surface area contributed by atoms with Gasteiger partial charge >= 0.3 is 6.03 Å². The highest BCUT2D eigenvalue weighted by molar-refractivity contribution is 6.30. The van der Waals surface area contributed by atoms with Crippen LogP contribution in [-0.2, 0) is 6.54 Å². The second-order valence-electron chi connectivity index (χ2n) is 5.93. The van der Waals surface area contributed by atoms with Crippen molar-refractivity contribution in [3.63, 3.8) is 0 Å². The van der Waals surface area contributed by atoms with Gasteiger partial charge in [0.1, 0.15) is 0 Å². The highest BCUT2D eigenvalue weighted by Crippen LogP contribution is 2.23. The molecule has 1 aromatic carbocycles. The van der Waals surface area contributed by atoms with Crippen LogP contribution in [0, 0.1) is 0 Å². The van der Waals surface area contributed by atoms with Gasteiger partial charge in [0.25, 0.3) is 0 Å². The third-order valence-corrected chi connectivity index (χ3v) is 4.34. The van der Waals surface area contributed by atoms with Gasteiger partial charge < -0.3 is 15.5 Å². The first-order chi connectivity index (χ1) is 11.7. The van der Waals surface area contributed by atoms with Gasteiger partial charge in [-0.25, -0.2) is 4.79 Å². The largest absolute Gasteiger partial charge is 0.369 e. The molecule has 2 N–H and O–H groups in total. The first-order valence-electron chi connectivity index (χ1n) is 8.23. The lowest BCUT2D eigenvalue weighted by atomic mass is 10.3. The van der Waals surface area contributed by atoms with Crippen molar-refractivity contribution in [3.8, 4) is 0 Å². The second kappa shape index (κ2) is 8.06. The zero-order valence-corrected chi connectivity index (χ0v) is 14.2. The molecule has 1 atom stereocenters. The zero-order chi connectivity index (χ0) is 16.8. The van der Waals surface area contributed by atoms with E-state index in [0.717, 1.165) is 43.2 Å². The van der Waals surface area contributed by atoms with Crippen LogP contribution < -0.4 is 15.5 Å². The lowest BCUT2D eigenvalue weighted by molar-refractivity contribution is 0.237. The summed E-state index contributed by atoms with van der Waals surface area (Å²) < 4.78 is 1.86. The molecule has 0 radical (unpaired) electrons. The van der Waals surface area contributed by atoms with E-state index in [1.54, 1.807) is 6.20 Å². The highest BCUT2D eigenvalue weighted by atomic mass is 35.5. The van der Waals surface area contributed by atoms with Gasteiger partial charge in [0, 0.05) is 55.3 Å². The molecule has 2 heterocycles. The normalized spacial score (nSPS) is 17.0. The van der Waals surface area contributed by atoms with Gasteiger partial charge in [-0.15, -0.1) is 0 Å². The van der Waals surface area contributed by atoms with Crippen LogP contribution in [0.1, 0.15) is 12.8 Å². The lowest BCUT2D eigenvalue weighted by Gasteiger charge is -2.19. The zero-order valence-electron chi connectivity index (χ0n) is 13.5. The molecule has 0 spiro atoms. The van der Waals surface area contributed by atoms with E-state index in [0.29, 0.717) is 6.54 Å². The van der Waals surface area contributed by atoms with Crippen LogP contribution in [0.2, 0.25) is 5.02 Å². The predicted molar refractivity (Wildman–Crippen MR) is 95.4 cm³/mol. The maximum absolute atomic E-state index is 12.0. The molecule has 1 saturated heterocycles. The highest BCUT2D eigenvalue weighted by Gasteiger charge is 2.24. The molecule has 1 aromatic heterocycles. The van der Waals surface area contributed by atoms with E-state index in [9.17, 15) is 4.79 Å². The monoisotopic (exact) mass is 347 g/mol. The van der Waals surface area contributed by atoms with Gasteiger partial charge in [-0.3, -0.25) is 4.68 Å². The topological polar surface area (TPSA) is 62.2 Å². The number of nitrogens with one attached hydrogen (secondary N) is 2. The minimum atomic E-state index is -0.103. The summed E-state index contributed by atoms with van der Waals surface area (Å²) in [4.78, 5) is 14.2. The van der Waals surface area contributed by atoms with E-state index in [1.165, 1.54) is 0 Å². The maximum Gasteiger partial charge on any atom is 0.315 e. The van der Waals surface area contributed by atoms with Crippen LogP contribution >= 0.6 is 11.6 Å². The molecule has 2 amide bonds. The summed E-state index contributed by atoms with van der Waals surface area (Å²) in [5.41, 5.74) is 1.10. The van der Waals surface area contributed by atoms with E-state index in [2.05, 4.69) is 20.6 Å². The Morgan fingerprint density at radius 3 is 3.08 bits per heavy atom. The van der Waals surface area contributed by atoms with Gasteiger partial charge in [-0.2, -0.15) is 5.10 Å². The Morgan fingerprint density at radius 2 is 2.29 bits per heavy atom. The van der Waals surface area contributed by atoms with Crippen LogP contribution in [0.4, 0.5) is 10.5 Å². The molecular weight excluding hydrogens is 326 g/mol. The second-order valence-corrected chi connectivity index (χ2v) is 6.37. The van der Waals surface area contributed by atoms with E-state index < -0.39 is 0 Å². The van der Waals surface area contributed by atoms with Crippen molar-refractivity contribution in [2.45, 2.75) is 25.4 Å². The number of urea groups is 1. The number of halogens is 1. The number of rotatable bonds is 6. The molecule has 7 heteroatoms. The summed E-state index contributed by atoms with van der Waals surface area (Å²) in [6, 6.07) is 9.77. The van der Waals surface area contributed by atoms with Gasteiger partial charge in [-0.1, -0.05) is 17.7 Å². The third kappa shape index (κ3) is 4.64. The fourth-order valence-electron chi connectivity index (χ4n) is 2.90. The minimum absolute atomic E-state index is 0.103. The molecule has 24 heavy (non-hydrogen) atoms. The Kier molecular flexibility index (Phi) is 5.59. The summed E-state index contributed by atoms with van der Waals surface area (Å²) in [7, 11) is 0. The van der Waals surface area contributed by atoms with Crippen LogP contribution in [-0.4, -0.2) is 41.5 Å². The van der Waals surface area contributed by atoms with Crippen molar-refractivity contribution >= 4 is 23.3 Å². The first kappa shape index (κ1) is 16.6. The Morgan fingerprint density at radius 1 is 1.38 bits per heavy atom. The Hall–Kier alpha value is -2.21. The number of hydrogen-bond donors (Lipinski definition) is 2. The molecule has 2 aromatic rings. The summed E-state index contributed by atoms with van der Waals surface area (Å²) in [6.45, 7) is 3.17. The number of aromatic nitrogens is 2. The summed E-state index contributed by atoms with van der Waals surface area (Å²) in [5.74, 6) is 0. The average molecular weight is 348 g/mol. The van der Waals surface area contributed by atoms with Crippen LogP contribution in [0.3, 0.4) is 0 Å². The van der Waals surface area contributed by atoms with Crippen LogP contribution in [0.15, 0.2) is 42.7 Å². The van der Waals surface area contributed by atoms with Crippen molar-refractivity contribution in [1.29, 1.82) is 0 Å². The number of amides is 2. The standard InChI is InChI=1S/C17H22ClN5O/c18-14-4-1-5-16(12-14)22-11-6-15(13-22)21-17(24)19-7-2-9-23-10-3-8-20-23/h1,3-5,8,10,12,15H,2,6-7,9,11,13H2,(H2,19,21,24). The van der Waals surface area contributed by atoms with E-state index in [1.807, 2.05) is 41.2 Å². The SMILES string of the molecule is O=C(NCCCn1cccn1)NC1CCN(c2cccc(Cl)c2)C1. The molecule has 0 bridgehead atoms. The molecular formula is C17H22ClN5O. The average Bonchev–Trinajstić information content (AvgIpc) is 3.23. The Balaban J connectivity index is 1.36. The maximum atomic E-state index is 12.0. The minimum Gasteiger partial charge on any atom is -0.369 e. The first-order valence-corrected chi connectivity index (χ1v) is 8.61. The number of nitrogens with zero attached hydrogens (tertiary/aromatic N) is 3. The molecule has 0 aliphatic carbocycles. The molecule has 0 saturated carbocycles. The predicted octanol–water partition coefficient (Wildman–Crippen LogP) is 2.50. The molecule has 1 unspecified atom stereocenters. The molecule has 3 rings (SSSR count). The fraction of sp³-hybridized carbons (Fsp3) is 0.412. The van der Waals surface area contributed by atoms with E-state index >= 15 is 0 Å². The van der Waals surface area contributed by atoms with Crippen molar-refractivity contribution in [2.75, 3.05) is 24.5 Å². The van der Waals surface area contributed by atoms with Crippen molar-refractivity contribution in [1.82, 2.24) is 20.4 Å². The molecule has 128 valence electrons. The van der Waals surface area contributed by atoms with E-state index in [-0.39, 0.29) is 12.1 Å². The summed E-state index contributed by atoms with van der Waals surface area (Å²) in [6.07, 6.45) is 5.47. The number of carbonyl (C=O) groups is 1. The number of aryl methyl sites for hydroxylation is 1. The molecule has 6 nitrogen and oxygen atoms in total. The van der Waals surface area contributed by atoms with Crippen molar-refractivity contribution < 1.29 is 4.79 Å².